The zero-order valence-electron chi connectivity index (χ0n) is 7.23. The van der Waals surface area contributed by atoms with Crippen molar-refractivity contribution in [3.63, 3.8) is 0 Å². The zero-order valence-corrected chi connectivity index (χ0v) is 8.04. The number of benzene rings is 1. The highest BCUT2D eigenvalue weighted by molar-refractivity contribution is 7.78. The van der Waals surface area contributed by atoms with E-state index in [2.05, 4.69) is 0 Å². The summed E-state index contributed by atoms with van der Waals surface area (Å²) in [6, 6.07) is 6.27. The molecule has 1 aromatic carbocycles. The Bertz CT molecular complexity index is 367. The molecule has 1 atom stereocenters. The van der Waals surface area contributed by atoms with Gasteiger partial charge in [-0.1, -0.05) is 23.2 Å². The third kappa shape index (κ3) is 2.91. The minimum Gasteiger partial charge on any atom is -0.772 e. The number of carbonyl (C=O) groups is 1. The predicted octanol–water partition coefficient (Wildman–Crippen LogP) is -0.331. The normalized spacial score (nSPS) is 12.1. The van der Waals surface area contributed by atoms with Crippen LogP contribution in [0.1, 0.15) is 15.9 Å². The summed E-state index contributed by atoms with van der Waals surface area (Å²) in [5.41, 5.74) is 2.87. The predicted molar refractivity (Wildman–Crippen MR) is 50.7 cm³/mol. The van der Waals surface area contributed by atoms with Gasteiger partial charge in [0, 0.05) is 11.3 Å². The molecule has 0 spiro atoms. The quantitative estimate of drug-likeness (QED) is 0.311. The fourth-order valence-electron chi connectivity index (χ4n) is 1.02. The zero-order chi connectivity index (χ0) is 10.6. The molecule has 76 valence electrons. The number of nitrogens with one attached hydrogen (secondary N) is 1. The van der Waals surface area contributed by atoms with E-state index in [1.165, 1.54) is 6.07 Å². The maximum atomic E-state index is 11.1. The second kappa shape index (κ2) is 4.85. The summed E-state index contributed by atoms with van der Waals surface area (Å²) in [5, 5.41) is 0. The van der Waals surface area contributed by atoms with E-state index in [1.807, 2.05) is 5.43 Å². The Morgan fingerprint density at radius 3 is 2.86 bits per heavy atom. The van der Waals surface area contributed by atoms with Crippen LogP contribution in [-0.2, 0) is 16.8 Å². The molecule has 5 nitrogen and oxygen atoms in total. The van der Waals surface area contributed by atoms with Gasteiger partial charge >= 0.3 is 0 Å². The van der Waals surface area contributed by atoms with Gasteiger partial charge in [0.2, 0.25) is 0 Å². The molecule has 0 saturated heterocycles. The lowest BCUT2D eigenvalue weighted by Gasteiger charge is -2.06. The molecule has 0 aliphatic rings. The van der Waals surface area contributed by atoms with Crippen LogP contribution in [0.4, 0.5) is 0 Å². The lowest BCUT2D eigenvalue weighted by molar-refractivity contribution is 0.0953. The molecule has 6 heteroatoms. The molecule has 0 aliphatic heterocycles. The fraction of sp³-hybridized carbons (Fsp3) is 0.125. The van der Waals surface area contributed by atoms with Crippen molar-refractivity contribution < 1.29 is 13.6 Å². The first-order chi connectivity index (χ1) is 6.63. The molecule has 0 bridgehead atoms. The summed E-state index contributed by atoms with van der Waals surface area (Å²) in [7, 11) is 0. The van der Waals surface area contributed by atoms with Crippen molar-refractivity contribution in [1.82, 2.24) is 5.43 Å². The summed E-state index contributed by atoms with van der Waals surface area (Å²) >= 11 is -2.15. The van der Waals surface area contributed by atoms with E-state index >= 15 is 0 Å². The van der Waals surface area contributed by atoms with E-state index in [0.29, 0.717) is 11.1 Å². The number of amides is 1. The van der Waals surface area contributed by atoms with E-state index in [0.717, 1.165) is 0 Å². The molecule has 3 N–H and O–H groups in total. The first kappa shape index (κ1) is 10.8. The Morgan fingerprint density at radius 2 is 2.29 bits per heavy atom. The van der Waals surface area contributed by atoms with Gasteiger partial charge in [0.15, 0.2) is 0 Å². The molecule has 0 saturated carbocycles. The summed E-state index contributed by atoms with van der Waals surface area (Å²) in [5.74, 6) is 4.39. The molecule has 0 aromatic heterocycles. The third-order valence-electron chi connectivity index (χ3n) is 1.60. The molecular weight excluding hydrogens is 204 g/mol. The van der Waals surface area contributed by atoms with Gasteiger partial charge in [-0.05, 0) is 17.7 Å². The highest BCUT2D eigenvalue weighted by Gasteiger charge is 2.03. The van der Waals surface area contributed by atoms with Gasteiger partial charge in [-0.2, -0.15) is 0 Å². The van der Waals surface area contributed by atoms with E-state index in [9.17, 15) is 13.6 Å². The first-order valence-corrected chi connectivity index (χ1v) is 5.03. The molecule has 1 amide bonds. The largest absolute Gasteiger partial charge is 0.772 e. The van der Waals surface area contributed by atoms with E-state index < -0.39 is 17.0 Å². The van der Waals surface area contributed by atoms with Crippen molar-refractivity contribution in [3.8, 4) is 0 Å². The molecule has 0 heterocycles. The van der Waals surface area contributed by atoms with Crippen molar-refractivity contribution in [2.75, 3.05) is 0 Å². The summed E-state index contributed by atoms with van der Waals surface area (Å²) in [4.78, 5) is 11.1. The minimum atomic E-state index is -2.15. The van der Waals surface area contributed by atoms with Gasteiger partial charge in [-0.15, -0.1) is 0 Å². The molecule has 1 rings (SSSR count). The Kier molecular flexibility index (Phi) is 3.75. The van der Waals surface area contributed by atoms with Gasteiger partial charge in [0.1, 0.15) is 0 Å². The second-order valence-electron chi connectivity index (χ2n) is 2.62. The first-order valence-electron chi connectivity index (χ1n) is 3.79. The number of hydrazine groups is 1. The smallest absolute Gasteiger partial charge is 0.265 e. The Morgan fingerprint density at radius 1 is 1.57 bits per heavy atom. The van der Waals surface area contributed by atoms with Crippen molar-refractivity contribution in [3.05, 3.63) is 35.4 Å². The lowest BCUT2D eigenvalue weighted by atomic mass is 10.1. The van der Waals surface area contributed by atoms with Gasteiger partial charge in [-0.3, -0.25) is 14.4 Å². The molecule has 1 unspecified atom stereocenters. The maximum absolute atomic E-state index is 11.1. The van der Waals surface area contributed by atoms with Gasteiger partial charge in [0.05, 0.1) is 0 Å². The average Bonchev–Trinajstić information content (AvgIpc) is 2.16. The molecular formula is C8H9N2O3S-. The van der Waals surface area contributed by atoms with E-state index in [-0.39, 0.29) is 5.75 Å². The number of hydrogen-bond acceptors (Lipinski definition) is 4. The standard InChI is InChI=1S/C8H10N2O3S/c9-10-8(11)7-3-1-2-6(4-7)5-14(12)13/h1-4H,5,9H2,(H,10,11)(H,12,13)/p-1. The Labute approximate surface area is 83.6 Å². The van der Waals surface area contributed by atoms with Crippen LogP contribution in [-0.4, -0.2) is 14.7 Å². The highest BCUT2D eigenvalue weighted by atomic mass is 32.2. The van der Waals surface area contributed by atoms with Gasteiger partial charge in [-0.25, -0.2) is 5.84 Å². The minimum absolute atomic E-state index is 0.105. The van der Waals surface area contributed by atoms with Crippen LogP contribution >= 0.6 is 0 Å². The van der Waals surface area contributed by atoms with Crippen molar-refractivity contribution in [2.24, 2.45) is 5.84 Å². The van der Waals surface area contributed by atoms with Crippen molar-refractivity contribution in [1.29, 1.82) is 0 Å². The molecule has 1 aromatic rings. The number of nitrogen functional groups attached to an aromatic ring is 1. The molecule has 0 radical (unpaired) electrons. The van der Waals surface area contributed by atoms with Crippen LogP contribution < -0.4 is 11.3 Å². The Hall–Kier alpha value is -1.24. The third-order valence-corrected chi connectivity index (χ3v) is 2.17. The molecule has 0 aliphatic carbocycles. The number of carbonyl (C=O) groups excluding carboxylic acids is 1. The SMILES string of the molecule is NNC(=O)c1cccc(CS(=O)[O-])c1. The topological polar surface area (TPSA) is 95.2 Å². The van der Waals surface area contributed by atoms with Gasteiger partial charge < -0.3 is 4.55 Å². The van der Waals surface area contributed by atoms with Crippen LogP contribution in [0.3, 0.4) is 0 Å². The van der Waals surface area contributed by atoms with E-state index in [4.69, 9.17) is 5.84 Å². The maximum Gasteiger partial charge on any atom is 0.265 e. The van der Waals surface area contributed by atoms with Crippen LogP contribution in [0.2, 0.25) is 0 Å². The van der Waals surface area contributed by atoms with Crippen LogP contribution in [0, 0.1) is 0 Å². The number of rotatable bonds is 3. The van der Waals surface area contributed by atoms with Crippen molar-refractivity contribution >= 4 is 17.0 Å². The molecule has 0 fully saturated rings. The summed E-state index contributed by atoms with van der Waals surface area (Å²) in [6.07, 6.45) is 0. The summed E-state index contributed by atoms with van der Waals surface area (Å²) < 4.78 is 20.8. The monoisotopic (exact) mass is 213 g/mol. The van der Waals surface area contributed by atoms with Gasteiger partial charge in [0.25, 0.3) is 5.91 Å². The van der Waals surface area contributed by atoms with Crippen LogP contribution in [0.15, 0.2) is 24.3 Å². The summed E-state index contributed by atoms with van der Waals surface area (Å²) in [6.45, 7) is 0. The fourth-order valence-corrected chi connectivity index (χ4v) is 1.47. The van der Waals surface area contributed by atoms with Crippen LogP contribution in [0.25, 0.3) is 0 Å². The van der Waals surface area contributed by atoms with Crippen molar-refractivity contribution in [2.45, 2.75) is 5.75 Å². The number of nitrogens with two attached hydrogens (primary N) is 1. The molecule has 14 heavy (non-hydrogen) atoms. The second-order valence-corrected chi connectivity index (χ2v) is 3.52. The number of hydrogen-bond donors (Lipinski definition) is 2. The highest BCUT2D eigenvalue weighted by Crippen LogP contribution is 2.06. The van der Waals surface area contributed by atoms with E-state index in [1.54, 1.807) is 18.2 Å². The van der Waals surface area contributed by atoms with Crippen LogP contribution in [0.5, 0.6) is 0 Å². The average molecular weight is 213 g/mol. The Balaban J connectivity index is 2.89. The lowest BCUT2D eigenvalue weighted by Crippen LogP contribution is -2.29.